The highest BCUT2D eigenvalue weighted by atomic mass is 16.2. The number of amides is 5. The molecule has 0 aliphatic rings. The van der Waals surface area contributed by atoms with Crippen LogP contribution in [0.3, 0.4) is 0 Å². The van der Waals surface area contributed by atoms with Crippen molar-refractivity contribution in [1.82, 2.24) is 15.1 Å². The minimum Gasteiger partial charge on any atom is -0.359 e. The number of anilines is 1. The minimum absolute atomic E-state index is 0. The molecule has 0 unspecified atom stereocenters. The van der Waals surface area contributed by atoms with Crippen molar-refractivity contribution in [3.8, 4) is 0 Å². The van der Waals surface area contributed by atoms with Gasteiger partial charge in [-0.3, -0.25) is 28.9 Å². The molecule has 0 atom stereocenters. The van der Waals surface area contributed by atoms with Crippen LogP contribution in [0.1, 0.15) is 63.3 Å². The molecule has 0 saturated carbocycles. The van der Waals surface area contributed by atoms with E-state index in [4.69, 9.17) is 0 Å². The molecule has 5 amide bonds. The second-order valence-electron chi connectivity index (χ2n) is 6.40. The quantitative estimate of drug-likeness (QED) is 0.651. The molecule has 0 aliphatic carbocycles. The largest absolute Gasteiger partial charge is 0.359 e. The molecule has 0 bridgehead atoms. The summed E-state index contributed by atoms with van der Waals surface area (Å²) in [6, 6.07) is 9.56. The summed E-state index contributed by atoms with van der Waals surface area (Å²) in [6.07, 6.45) is 1.51. The van der Waals surface area contributed by atoms with E-state index in [0.29, 0.717) is 6.41 Å². The zero-order valence-corrected chi connectivity index (χ0v) is 20.3. The highest BCUT2D eigenvalue weighted by Crippen LogP contribution is 2.10. The Morgan fingerprint density at radius 2 is 1.24 bits per heavy atom. The second kappa shape index (κ2) is 27.8. The summed E-state index contributed by atoms with van der Waals surface area (Å²) in [7, 11) is 6.58. The number of imide groups is 1. The molecule has 1 aromatic rings. The van der Waals surface area contributed by atoms with Gasteiger partial charge in [-0.05, 0) is 18.6 Å². The first-order valence-corrected chi connectivity index (χ1v) is 9.73. The molecule has 0 aliphatic heterocycles. The minimum atomic E-state index is -0.241. The Labute approximate surface area is 208 Å². The molecule has 0 saturated heterocycles. The van der Waals surface area contributed by atoms with E-state index in [1.807, 2.05) is 37.4 Å². The van der Waals surface area contributed by atoms with Crippen LogP contribution in [0.4, 0.5) is 5.69 Å². The van der Waals surface area contributed by atoms with Crippen LogP contribution in [0.2, 0.25) is 0 Å². The van der Waals surface area contributed by atoms with E-state index in [0.717, 1.165) is 23.6 Å². The van der Waals surface area contributed by atoms with E-state index in [1.165, 1.54) is 20.9 Å². The number of hydrogen-bond donors (Lipinski definition) is 1. The van der Waals surface area contributed by atoms with Gasteiger partial charge in [0.15, 0.2) is 0 Å². The van der Waals surface area contributed by atoms with Gasteiger partial charge < -0.3 is 15.1 Å². The van der Waals surface area contributed by atoms with Gasteiger partial charge in [0.05, 0.1) is 0 Å². The lowest BCUT2D eigenvalue weighted by molar-refractivity contribution is -0.135. The standard InChI is InChI=1S/C9H11NO.C6H13NO.C4H7NO2.C3H7NO.3CH4/c1-8(11)10(2)9-6-4-3-5-7-9;1-4-5-7(3)6(2)8;1-4(7)5(2)3-6;1-3(5)4-2;;;/h3-7H,1-2H3;4-5H2,1-3H3;3H,1-2H3;1-2H3,(H,4,5);3*1H4. The van der Waals surface area contributed by atoms with Crippen molar-refractivity contribution in [3.63, 3.8) is 0 Å². The lowest BCUT2D eigenvalue weighted by Gasteiger charge is -2.13. The van der Waals surface area contributed by atoms with Crippen LogP contribution in [0.5, 0.6) is 0 Å². The Morgan fingerprint density at radius 1 is 0.824 bits per heavy atom. The first-order valence-electron chi connectivity index (χ1n) is 9.73. The molecule has 0 spiro atoms. The first kappa shape index (κ1) is 44.4. The molecular weight excluding hydrogens is 436 g/mol. The zero-order valence-electron chi connectivity index (χ0n) is 20.3. The predicted octanol–water partition coefficient (Wildman–Crippen LogP) is 3.83. The van der Waals surface area contributed by atoms with Crippen molar-refractivity contribution in [2.75, 3.05) is 39.6 Å². The molecule has 1 rings (SSSR count). The smallest absolute Gasteiger partial charge is 0.225 e. The van der Waals surface area contributed by atoms with Gasteiger partial charge in [-0.25, -0.2) is 0 Å². The van der Waals surface area contributed by atoms with Gasteiger partial charge in [0, 0.05) is 68.1 Å². The number of nitrogens with one attached hydrogen (secondary N) is 1. The van der Waals surface area contributed by atoms with E-state index in [9.17, 15) is 24.0 Å². The number of carbonyl (C=O) groups is 5. The Hall–Kier alpha value is -3.23. The predicted molar refractivity (Wildman–Crippen MR) is 144 cm³/mol. The molecule has 1 N–H and O–H groups in total. The third-order valence-electron chi connectivity index (χ3n) is 3.72. The fraction of sp³-hybridized carbons (Fsp3) is 0.560. The fourth-order valence-electron chi connectivity index (χ4n) is 1.40. The number of nitrogens with zero attached hydrogens (tertiary/aromatic N) is 3. The highest BCUT2D eigenvalue weighted by Gasteiger charge is 2.02. The average Bonchev–Trinajstić information content (AvgIpc) is 2.74. The van der Waals surface area contributed by atoms with E-state index in [-0.39, 0.29) is 45.9 Å². The van der Waals surface area contributed by atoms with Crippen molar-refractivity contribution in [3.05, 3.63) is 30.3 Å². The zero-order chi connectivity index (χ0) is 25.0. The van der Waals surface area contributed by atoms with Gasteiger partial charge in [-0.1, -0.05) is 47.4 Å². The third kappa shape index (κ3) is 28.8. The summed E-state index contributed by atoms with van der Waals surface area (Å²) < 4.78 is 0. The summed E-state index contributed by atoms with van der Waals surface area (Å²) in [6.45, 7) is 8.85. The van der Waals surface area contributed by atoms with E-state index in [2.05, 4.69) is 12.2 Å². The summed E-state index contributed by atoms with van der Waals surface area (Å²) >= 11 is 0. The van der Waals surface area contributed by atoms with Crippen molar-refractivity contribution >= 4 is 35.7 Å². The maximum atomic E-state index is 10.9. The highest BCUT2D eigenvalue weighted by molar-refractivity contribution is 5.90. The summed E-state index contributed by atoms with van der Waals surface area (Å²) in [5.41, 5.74) is 0.931. The molecule has 0 fully saturated rings. The molecule has 0 radical (unpaired) electrons. The fourth-order valence-corrected chi connectivity index (χ4v) is 1.40. The molecule has 0 heterocycles. The number of hydrogen-bond acceptors (Lipinski definition) is 5. The molecule has 9 nitrogen and oxygen atoms in total. The molecule has 9 heteroatoms. The first-order chi connectivity index (χ1) is 14.3. The van der Waals surface area contributed by atoms with Crippen LogP contribution in [-0.4, -0.2) is 74.6 Å². The maximum absolute atomic E-state index is 10.9. The average molecular weight is 487 g/mol. The maximum Gasteiger partial charge on any atom is 0.225 e. The van der Waals surface area contributed by atoms with Crippen molar-refractivity contribution in [2.24, 2.45) is 0 Å². The molecular formula is C25H50N4O5. The Morgan fingerprint density at radius 3 is 1.41 bits per heavy atom. The van der Waals surface area contributed by atoms with Crippen LogP contribution < -0.4 is 10.2 Å². The van der Waals surface area contributed by atoms with Crippen LogP contribution in [0, 0.1) is 0 Å². The lowest BCUT2D eigenvalue weighted by atomic mass is 10.3. The number of rotatable bonds is 4. The molecule has 200 valence electrons. The Bertz CT molecular complexity index is 667. The summed E-state index contributed by atoms with van der Waals surface area (Å²) in [5.74, 6) is -0.0388. The SMILES string of the molecule is C.C.C.CC(=O)N(C)C=O.CC(=O)N(C)c1ccccc1.CCCN(C)C(C)=O.CNC(C)=O. The summed E-state index contributed by atoms with van der Waals surface area (Å²) in [4.78, 5) is 55.0. The van der Waals surface area contributed by atoms with Crippen molar-refractivity contribution in [1.29, 1.82) is 0 Å². The Balaban J connectivity index is -0.0000000775. The number of para-hydroxylation sites is 1. The van der Waals surface area contributed by atoms with Crippen molar-refractivity contribution < 1.29 is 24.0 Å². The molecule has 34 heavy (non-hydrogen) atoms. The van der Waals surface area contributed by atoms with Gasteiger partial charge in [-0.2, -0.15) is 0 Å². The molecule has 1 aromatic carbocycles. The topological polar surface area (TPSA) is 107 Å². The van der Waals surface area contributed by atoms with Gasteiger partial charge in [-0.15, -0.1) is 0 Å². The number of carbonyl (C=O) groups excluding carboxylic acids is 5. The monoisotopic (exact) mass is 486 g/mol. The molecule has 0 aromatic heterocycles. The van der Waals surface area contributed by atoms with Gasteiger partial charge in [0.2, 0.25) is 30.0 Å². The van der Waals surface area contributed by atoms with Crippen molar-refractivity contribution in [2.45, 2.75) is 63.3 Å². The number of benzene rings is 1. The van der Waals surface area contributed by atoms with Gasteiger partial charge >= 0.3 is 0 Å². The normalized spacial score (nSPS) is 7.68. The van der Waals surface area contributed by atoms with Gasteiger partial charge in [0.25, 0.3) is 0 Å². The van der Waals surface area contributed by atoms with Crippen LogP contribution >= 0.6 is 0 Å². The van der Waals surface area contributed by atoms with E-state index in [1.54, 1.807) is 37.7 Å². The second-order valence-corrected chi connectivity index (χ2v) is 6.40. The van der Waals surface area contributed by atoms with Crippen LogP contribution in [0.25, 0.3) is 0 Å². The van der Waals surface area contributed by atoms with Gasteiger partial charge in [0.1, 0.15) is 0 Å². The summed E-state index contributed by atoms with van der Waals surface area (Å²) in [5, 5.41) is 2.39. The Kier molecular flexibility index (Phi) is 36.3. The lowest BCUT2D eigenvalue weighted by Crippen LogP contribution is -2.24. The third-order valence-corrected chi connectivity index (χ3v) is 3.72. The van der Waals surface area contributed by atoms with Crippen LogP contribution in [-0.2, 0) is 24.0 Å². The van der Waals surface area contributed by atoms with E-state index < -0.39 is 0 Å². The van der Waals surface area contributed by atoms with Crippen LogP contribution in [0.15, 0.2) is 30.3 Å². The van der Waals surface area contributed by atoms with E-state index >= 15 is 0 Å².